The smallest absolute Gasteiger partial charge is 0.233 e. The van der Waals surface area contributed by atoms with Gasteiger partial charge in [0.25, 0.3) is 0 Å². The summed E-state index contributed by atoms with van der Waals surface area (Å²) in [6.07, 6.45) is 2.83. The van der Waals surface area contributed by atoms with Gasteiger partial charge in [0.1, 0.15) is 5.82 Å². The number of carbonyl (C=O) groups is 1. The van der Waals surface area contributed by atoms with Crippen LogP contribution in [0.15, 0.2) is 54.6 Å². The summed E-state index contributed by atoms with van der Waals surface area (Å²) in [6, 6.07) is 16.7. The van der Waals surface area contributed by atoms with Crippen molar-refractivity contribution in [3.8, 4) is 0 Å². The van der Waals surface area contributed by atoms with Crippen LogP contribution in [-0.2, 0) is 10.2 Å². The Balaban J connectivity index is 1.57. The lowest BCUT2D eigenvalue weighted by Crippen LogP contribution is -2.49. The minimum Gasteiger partial charge on any atom is -0.335 e. The normalized spacial score (nSPS) is 22.0. The molecule has 0 radical (unpaired) electrons. The van der Waals surface area contributed by atoms with Crippen molar-refractivity contribution in [2.75, 3.05) is 6.54 Å². The Morgan fingerprint density at radius 2 is 1.73 bits per heavy atom. The second-order valence-corrected chi connectivity index (χ2v) is 6.30. The van der Waals surface area contributed by atoms with Crippen molar-refractivity contribution >= 4 is 5.91 Å². The third kappa shape index (κ3) is 2.04. The van der Waals surface area contributed by atoms with Crippen LogP contribution in [0, 0.1) is 5.82 Å². The lowest BCUT2D eigenvalue weighted by Gasteiger charge is -2.43. The average molecular weight is 295 g/mol. The number of hydrogen-bond acceptors (Lipinski definition) is 1. The van der Waals surface area contributed by atoms with Crippen molar-refractivity contribution in [3.63, 3.8) is 0 Å². The zero-order chi connectivity index (χ0) is 15.2. The van der Waals surface area contributed by atoms with Crippen LogP contribution in [0.25, 0.3) is 0 Å². The van der Waals surface area contributed by atoms with Gasteiger partial charge in [0.15, 0.2) is 0 Å². The monoisotopic (exact) mass is 295 g/mol. The molecule has 3 heteroatoms. The number of hydrogen-bond donors (Lipinski definition) is 0. The zero-order valence-corrected chi connectivity index (χ0v) is 12.3. The topological polar surface area (TPSA) is 20.3 Å². The van der Waals surface area contributed by atoms with Crippen LogP contribution >= 0.6 is 0 Å². The summed E-state index contributed by atoms with van der Waals surface area (Å²) in [7, 11) is 0. The van der Waals surface area contributed by atoms with Gasteiger partial charge in [-0.2, -0.15) is 0 Å². The predicted octanol–water partition coefficient (Wildman–Crippen LogP) is 3.83. The fourth-order valence-corrected chi connectivity index (χ4v) is 3.45. The number of nitrogens with zero attached hydrogens (tertiary/aromatic N) is 1. The molecule has 2 fully saturated rings. The Labute approximate surface area is 129 Å². The van der Waals surface area contributed by atoms with E-state index in [2.05, 4.69) is 12.1 Å². The average Bonchev–Trinajstić information content (AvgIpc) is 3.31. The van der Waals surface area contributed by atoms with E-state index >= 15 is 0 Å². The van der Waals surface area contributed by atoms with Crippen LogP contribution in [0.2, 0.25) is 0 Å². The van der Waals surface area contributed by atoms with Crippen LogP contribution in [0.1, 0.15) is 36.4 Å². The third-order valence-corrected chi connectivity index (χ3v) is 5.02. The minimum atomic E-state index is -0.306. The van der Waals surface area contributed by atoms with Gasteiger partial charge in [-0.15, -0.1) is 0 Å². The first-order valence-corrected chi connectivity index (χ1v) is 7.83. The second kappa shape index (κ2) is 4.94. The van der Waals surface area contributed by atoms with Gasteiger partial charge in [0.05, 0.1) is 11.5 Å². The van der Waals surface area contributed by atoms with Crippen molar-refractivity contribution < 1.29 is 9.18 Å². The summed E-state index contributed by atoms with van der Waals surface area (Å²) in [6.45, 7) is 0.801. The summed E-state index contributed by atoms with van der Waals surface area (Å²) >= 11 is 0. The van der Waals surface area contributed by atoms with E-state index in [9.17, 15) is 9.18 Å². The standard InChI is InChI=1S/C19H18FNO/c20-16-8-6-14(7-9-16)17-10-13-21(17)18(22)19(11-12-19)15-4-2-1-3-5-15/h1-9,17H,10-13H2. The van der Waals surface area contributed by atoms with Crippen molar-refractivity contribution in [2.45, 2.75) is 30.7 Å². The van der Waals surface area contributed by atoms with Crippen LogP contribution in [0.5, 0.6) is 0 Å². The van der Waals surface area contributed by atoms with E-state index in [1.807, 2.05) is 23.1 Å². The summed E-state index contributed by atoms with van der Waals surface area (Å²) in [4.78, 5) is 15.0. The third-order valence-electron chi connectivity index (χ3n) is 5.02. The zero-order valence-electron chi connectivity index (χ0n) is 12.3. The summed E-state index contributed by atoms with van der Waals surface area (Å²) in [5.74, 6) is 0.00294. The van der Waals surface area contributed by atoms with E-state index in [1.54, 1.807) is 12.1 Å². The van der Waals surface area contributed by atoms with E-state index in [0.717, 1.165) is 36.9 Å². The molecule has 2 aromatic rings. The van der Waals surface area contributed by atoms with Crippen molar-refractivity contribution in [2.24, 2.45) is 0 Å². The minimum absolute atomic E-state index is 0.106. The molecule has 1 saturated heterocycles. The fraction of sp³-hybridized carbons (Fsp3) is 0.316. The summed E-state index contributed by atoms with van der Waals surface area (Å²) in [5.41, 5.74) is 1.86. The number of carbonyl (C=O) groups excluding carboxylic acids is 1. The highest BCUT2D eigenvalue weighted by Crippen LogP contribution is 2.52. The number of halogens is 1. The molecular formula is C19H18FNO. The molecule has 1 unspecified atom stereocenters. The largest absolute Gasteiger partial charge is 0.335 e. The molecule has 112 valence electrons. The molecule has 1 saturated carbocycles. The van der Waals surface area contributed by atoms with Gasteiger partial charge in [0.2, 0.25) is 5.91 Å². The number of benzene rings is 2. The van der Waals surface area contributed by atoms with Gasteiger partial charge in [-0.25, -0.2) is 4.39 Å². The van der Waals surface area contributed by atoms with Gasteiger partial charge in [-0.3, -0.25) is 4.79 Å². The molecule has 1 atom stereocenters. The molecule has 1 aliphatic heterocycles. The van der Waals surface area contributed by atoms with E-state index in [-0.39, 0.29) is 23.2 Å². The van der Waals surface area contributed by atoms with Gasteiger partial charge in [-0.1, -0.05) is 42.5 Å². The van der Waals surface area contributed by atoms with Gasteiger partial charge in [-0.05, 0) is 42.5 Å². The highest BCUT2D eigenvalue weighted by molar-refractivity contribution is 5.92. The molecule has 2 aliphatic rings. The van der Waals surface area contributed by atoms with Crippen LogP contribution < -0.4 is 0 Å². The maximum Gasteiger partial charge on any atom is 0.233 e. The summed E-state index contributed by atoms with van der Waals surface area (Å²) in [5, 5.41) is 0. The molecule has 22 heavy (non-hydrogen) atoms. The SMILES string of the molecule is O=C(N1CCC1c1ccc(F)cc1)C1(c2ccccc2)CC1. The molecule has 2 aromatic carbocycles. The van der Waals surface area contributed by atoms with Gasteiger partial charge < -0.3 is 4.90 Å². The first kappa shape index (κ1) is 13.5. The maximum absolute atomic E-state index is 13.1. The van der Waals surface area contributed by atoms with Crippen molar-refractivity contribution in [1.29, 1.82) is 0 Å². The fourth-order valence-electron chi connectivity index (χ4n) is 3.45. The number of rotatable bonds is 3. The highest BCUT2D eigenvalue weighted by Gasteiger charge is 2.55. The van der Waals surface area contributed by atoms with Crippen molar-refractivity contribution in [3.05, 3.63) is 71.5 Å². The van der Waals surface area contributed by atoms with E-state index < -0.39 is 0 Å². The molecular weight excluding hydrogens is 277 g/mol. The Morgan fingerprint density at radius 1 is 1.05 bits per heavy atom. The molecule has 1 amide bonds. The second-order valence-electron chi connectivity index (χ2n) is 6.30. The van der Waals surface area contributed by atoms with Crippen LogP contribution in [0.4, 0.5) is 4.39 Å². The lowest BCUT2D eigenvalue weighted by atomic mass is 9.88. The Kier molecular flexibility index (Phi) is 3.03. The molecule has 1 aliphatic carbocycles. The van der Waals surface area contributed by atoms with Crippen molar-refractivity contribution in [1.82, 2.24) is 4.90 Å². The molecule has 1 heterocycles. The Morgan fingerprint density at radius 3 is 2.27 bits per heavy atom. The van der Waals surface area contributed by atoms with Crippen LogP contribution in [0.3, 0.4) is 0 Å². The molecule has 4 rings (SSSR count). The number of amides is 1. The summed E-state index contributed by atoms with van der Waals surface area (Å²) < 4.78 is 13.1. The maximum atomic E-state index is 13.1. The Bertz CT molecular complexity index is 691. The van der Waals surface area contributed by atoms with Gasteiger partial charge in [0, 0.05) is 6.54 Å². The highest BCUT2D eigenvalue weighted by atomic mass is 19.1. The van der Waals surface area contributed by atoms with Crippen LogP contribution in [-0.4, -0.2) is 17.4 Å². The first-order valence-electron chi connectivity index (χ1n) is 7.83. The quantitative estimate of drug-likeness (QED) is 0.842. The van der Waals surface area contributed by atoms with E-state index in [4.69, 9.17) is 0 Å². The molecule has 0 bridgehead atoms. The van der Waals surface area contributed by atoms with E-state index in [0.29, 0.717) is 0 Å². The first-order chi connectivity index (χ1) is 10.7. The number of likely N-dealkylation sites (tertiary alicyclic amines) is 1. The Hall–Kier alpha value is -2.16. The molecule has 2 nitrogen and oxygen atoms in total. The predicted molar refractivity (Wildman–Crippen MR) is 82.8 cm³/mol. The molecule has 0 spiro atoms. The molecule has 0 N–H and O–H groups in total. The molecule has 0 aromatic heterocycles. The van der Waals surface area contributed by atoms with E-state index in [1.165, 1.54) is 12.1 Å². The lowest BCUT2D eigenvalue weighted by molar-refractivity contribution is -0.142. The van der Waals surface area contributed by atoms with Gasteiger partial charge >= 0.3 is 0 Å².